The highest BCUT2D eigenvalue weighted by Gasteiger charge is 2.19. The Morgan fingerprint density at radius 1 is 1.62 bits per heavy atom. The van der Waals surface area contributed by atoms with Gasteiger partial charge in [0.05, 0.1) is 0 Å². The summed E-state index contributed by atoms with van der Waals surface area (Å²) in [5.41, 5.74) is 0. The minimum Gasteiger partial charge on any atom is -0.477 e. The van der Waals surface area contributed by atoms with Crippen LogP contribution in [-0.2, 0) is 0 Å². The van der Waals surface area contributed by atoms with E-state index >= 15 is 0 Å². The third-order valence-corrected chi connectivity index (χ3v) is 4.52. The van der Waals surface area contributed by atoms with Crippen molar-refractivity contribution in [1.29, 1.82) is 0 Å². The predicted octanol–water partition coefficient (Wildman–Crippen LogP) is 3.09. The molecular formula is C9H10O2S2. The number of thioether (sulfide) groups is 1. The highest BCUT2D eigenvalue weighted by atomic mass is 32.2. The molecular weight excluding hydrogens is 204 g/mol. The quantitative estimate of drug-likeness (QED) is 0.840. The number of rotatable bonds is 3. The molecule has 13 heavy (non-hydrogen) atoms. The highest BCUT2D eigenvalue weighted by molar-refractivity contribution is 8.00. The lowest BCUT2D eigenvalue weighted by molar-refractivity contribution is 0.0702. The fourth-order valence-corrected chi connectivity index (χ4v) is 3.36. The van der Waals surface area contributed by atoms with Crippen LogP contribution in [0, 0.1) is 0 Å². The first-order chi connectivity index (χ1) is 6.25. The lowest BCUT2D eigenvalue weighted by atomic mass is 10.0. The van der Waals surface area contributed by atoms with Gasteiger partial charge in [0.25, 0.3) is 0 Å². The van der Waals surface area contributed by atoms with Gasteiger partial charge >= 0.3 is 5.97 Å². The average molecular weight is 214 g/mol. The van der Waals surface area contributed by atoms with Crippen molar-refractivity contribution in [1.82, 2.24) is 0 Å². The Morgan fingerprint density at radius 3 is 2.85 bits per heavy atom. The number of thiophene rings is 1. The van der Waals surface area contributed by atoms with E-state index in [9.17, 15) is 4.79 Å². The van der Waals surface area contributed by atoms with Gasteiger partial charge in [0.15, 0.2) is 0 Å². The second-order valence-electron chi connectivity index (χ2n) is 3.12. The maximum absolute atomic E-state index is 10.6. The first kappa shape index (κ1) is 9.09. The van der Waals surface area contributed by atoms with Gasteiger partial charge in [0.1, 0.15) is 4.88 Å². The number of hydrogen-bond acceptors (Lipinski definition) is 3. The zero-order chi connectivity index (χ0) is 9.26. The van der Waals surface area contributed by atoms with Gasteiger partial charge in [-0.05, 0) is 18.9 Å². The van der Waals surface area contributed by atoms with Crippen LogP contribution in [0.1, 0.15) is 28.9 Å². The second-order valence-corrected chi connectivity index (χ2v) is 5.41. The molecule has 1 N–H and O–H groups in total. The number of hydrogen-bond donors (Lipinski definition) is 1. The molecule has 0 aromatic carbocycles. The van der Waals surface area contributed by atoms with Crippen molar-refractivity contribution >= 4 is 29.1 Å². The van der Waals surface area contributed by atoms with E-state index in [0.717, 1.165) is 10.1 Å². The van der Waals surface area contributed by atoms with Crippen molar-refractivity contribution in [3.8, 4) is 0 Å². The minimum absolute atomic E-state index is 0.446. The molecule has 0 saturated heterocycles. The van der Waals surface area contributed by atoms with E-state index in [-0.39, 0.29) is 0 Å². The average Bonchev–Trinajstić information content (AvgIpc) is 2.44. The molecule has 1 aromatic heterocycles. The molecule has 0 atom stereocenters. The summed E-state index contributed by atoms with van der Waals surface area (Å²) in [6.45, 7) is 0. The van der Waals surface area contributed by atoms with Gasteiger partial charge in [-0.3, -0.25) is 0 Å². The molecule has 0 amide bonds. The predicted molar refractivity (Wildman–Crippen MR) is 54.8 cm³/mol. The summed E-state index contributed by atoms with van der Waals surface area (Å²) in [6.07, 6.45) is 3.89. The number of aromatic carboxylic acids is 1. The molecule has 70 valence electrons. The van der Waals surface area contributed by atoms with Crippen LogP contribution in [0.5, 0.6) is 0 Å². The Labute approximate surface area is 85.0 Å². The molecule has 1 aliphatic rings. The Hall–Kier alpha value is -0.480. The van der Waals surface area contributed by atoms with Crippen LogP contribution in [0.2, 0.25) is 0 Å². The maximum Gasteiger partial charge on any atom is 0.345 e. The zero-order valence-corrected chi connectivity index (χ0v) is 8.66. The third-order valence-electron chi connectivity index (χ3n) is 2.14. The SMILES string of the molecule is O=C(O)c1cc(SC2CCC2)cs1. The van der Waals surface area contributed by atoms with Crippen molar-refractivity contribution in [3.05, 3.63) is 16.3 Å². The number of carboxylic acid groups (broad SMARTS) is 1. The van der Waals surface area contributed by atoms with Gasteiger partial charge in [0.2, 0.25) is 0 Å². The van der Waals surface area contributed by atoms with Crippen molar-refractivity contribution in [2.45, 2.75) is 29.4 Å². The number of carboxylic acids is 1. The van der Waals surface area contributed by atoms with Crippen LogP contribution >= 0.6 is 23.1 Å². The molecule has 1 saturated carbocycles. The molecule has 0 radical (unpaired) electrons. The second kappa shape index (κ2) is 3.72. The van der Waals surface area contributed by atoms with E-state index in [1.165, 1.54) is 30.6 Å². The van der Waals surface area contributed by atoms with Crippen molar-refractivity contribution in [2.24, 2.45) is 0 Å². The molecule has 1 heterocycles. The Morgan fingerprint density at radius 2 is 2.38 bits per heavy atom. The maximum atomic E-state index is 10.6. The topological polar surface area (TPSA) is 37.3 Å². The van der Waals surface area contributed by atoms with Gasteiger partial charge in [-0.1, -0.05) is 6.42 Å². The fourth-order valence-electron chi connectivity index (χ4n) is 1.17. The van der Waals surface area contributed by atoms with Gasteiger partial charge in [-0.25, -0.2) is 4.79 Å². The Bertz CT molecular complexity index is 315. The molecule has 0 aliphatic heterocycles. The monoisotopic (exact) mass is 214 g/mol. The lowest BCUT2D eigenvalue weighted by Gasteiger charge is -2.23. The number of carbonyl (C=O) groups is 1. The molecule has 0 bridgehead atoms. The molecule has 0 unspecified atom stereocenters. The summed E-state index contributed by atoms with van der Waals surface area (Å²) >= 11 is 3.13. The largest absolute Gasteiger partial charge is 0.477 e. The minimum atomic E-state index is -0.814. The van der Waals surface area contributed by atoms with Crippen molar-refractivity contribution < 1.29 is 9.90 Å². The first-order valence-electron chi connectivity index (χ1n) is 4.24. The standard InChI is InChI=1S/C9H10O2S2/c10-9(11)8-4-7(5-12-8)13-6-2-1-3-6/h4-6H,1-3H2,(H,10,11). The normalized spacial score (nSPS) is 16.9. The summed E-state index contributed by atoms with van der Waals surface area (Å²) in [6, 6.07) is 1.77. The molecule has 2 nitrogen and oxygen atoms in total. The highest BCUT2D eigenvalue weighted by Crippen LogP contribution is 2.37. The van der Waals surface area contributed by atoms with E-state index in [1.807, 2.05) is 17.1 Å². The molecule has 4 heteroatoms. The molecule has 2 rings (SSSR count). The van der Waals surface area contributed by atoms with Crippen LogP contribution in [0.4, 0.5) is 0 Å². The van der Waals surface area contributed by atoms with E-state index in [0.29, 0.717) is 4.88 Å². The summed E-state index contributed by atoms with van der Waals surface area (Å²) in [7, 11) is 0. The Balaban J connectivity index is 2.00. The van der Waals surface area contributed by atoms with Gasteiger partial charge in [0, 0.05) is 15.5 Å². The van der Waals surface area contributed by atoms with Gasteiger partial charge in [-0.15, -0.1) is 23.1 Å². The van der Waals surface area contributed by atoms with Crippen molar-refractivity contribution in [2.75, 3.05) is 0 Å². The van der Waals surface area contributed by atoms with Crippen LogP contribution in [0.3, 0.4) is 0 Å². The Kier molecular flexibility index (Phi) is 2.60. The summed E-state index contributed by atoms with van der Waals surface area (Å²) in [4.78, 5) is 12.1. The molecule has 1 fully saturated rings. The molecule has 0 spiro atoms. The summed E-state index contributed by atoms with van der Waals surface area (Å²) < 4.78 is 0. The van der Waals surface area contributed by atoms with E-state index in [4.69, 9.17) is 5.11 Å². The van der Waals surface area contributed by atoms with E-state index in [2.05, 4.69) is 0 Å². The van der Waals surface area contributed by atoms with Gasteiger partial charge in [-0.2, -0.15) is 0 Å². The van der Waals surface area contributed by atoms with Gasteiger partial charge < -0.3 is 5.11 Å². The van der Waals surface area contributed by atoms with Crippen LogP contribution in [-0.4, -0.2) is 16.3 Å². The smallest absolute Gasteiger partial charge is 0.345 e. The third kappa shape index (κ3) is 2.06. The fraction of sp³-hybridized carbons (Fsp3) is 0.444. The van der Waals surface area contributed by atoms with E-state index in [1.54, 1.807) is 6.07 Å². The lowest BCUT2D eigenvalue weighted by Crippen LogP contribution is -2.12. The van der Waals surface area contributed by atoms with Crippen LogP contribution < -0.4 is 0 Å². The van der Waals surface area contributed by atoms with Crippen LogP contribution in [0.25, 0.3) is 0 Å². The summed E-state index contributed by atoms with van der Waals surface area (Å²) in [5.74, 6) is -0.814. The first-order valence-corrected chi connectivity index (χ1v) is 6.00. The zero-order valence-electron chi connectivity index (χ0n) is 7.03. The van der Waals surface area contributed by atoms with E-state index < -0.39 is 5.97 Å². The van der Waals surface area contributed by atoms with Crippen molar-refractivity contribution in [3.63, 3.8) is 0 Å². The summed E-state index contributed by atoms with van der Waals surface area (Å²) in [5, 5.41) is 11.4. The molecule has 1 aromatic rings. The molecule has 1 aliphatic carbocycles. The van der Waals surface area contributed by atoms with Crippen LogP contribution in [0.15, 0.2) is 16.3 Å².